The van der Waals surface area contributed by atoms with Gasteiger partial charge in [0.25, 0.3) is 0 Å². The zero-order valence-electron chi connectivity index (χ0n) is 8.60. The summed E-state index contributed by atoms with van der Waals surface area (Å²) < 4.78 is 25.7. The molecule has 15 heavy (non-hydrogen) atoms. The van der Waals surface area contributed by atoms with Gasteiger partial charge in [0, 0.05) is 11.6 Å². The summed E-state index contributed by atoms with van der Waals surface area (Å²) in [5, 5.41) is 0. The zero-order valence-corrected chi connectivity index (χ0v) is 9.41. The van der Waals surface area contributed by atoms with Crippen LogP contribution in [0, 0.1) is 0 Å². The van der Waals surface area contributed by atoms with Crippen molar-refractivity contribution in [1.82, 2.24) is 4.72 Å². The fourth-order valence-corrected chi connectivity index (χ4v) is 2.35. The molecule has 0 saturated carbocycles. The Morgan fingerprint density at radius 3 is 2.13 bits per heavy atom. The Hall–Kier alpha value is -1.20. The molecule has 0 saturated heterocycles. The van der Waals surface area contributed by atoms with Crippen molar-refractivity contribution in [2.75, 3.05) is 0 Å². The molecule has 0 amide bonds. The van der Waals surface area contributed by atoms with Gasteiger partial charge in [-0.1, -0.05) is 12.1 Å². The van der Waals surface area contributed by atoms with Crippen LogP contribution >= 0.6 is 0 Å². The van der Waals surface area contributed by atoms with E-state index >= 15 is 0 Å². The van der Waals surface area contributed by atoms with Crippen LogP contribution in [0.4, 0.5) is 0 Å². The summed E-state index contributed by atoms with van der Waals surface area (Å²) in [6.07, 6.45) is 0.673. The van der Waals surface area contributed by atoms with Gasteiger partial charge in [0.05, 0.1) is 4.90 Å². The first-order valence-corrected chi connectivity index (χ1v) is 6.01. The van der Waals surface area contributed by atoms with Crippen LogP contribution in [0.5, 0.6) is 0 Å². The van der Waals surface area contributed by atoms with Crippen LogP contribution < -0.4 is 4.72 Å². The van der Waals surface area contributed by atoms with Crippen molar-refractivity contribution in [3.8, 4) is 0 Å². The van der Waals surface area contributed by atoms with Gasteiger partial charge in [-0.05, 0) is 26.0 Å². The predicted molar refractivity (Wildman–Crippen MR) is 57.3 cm³/mol. The number of aldehydes is 1. The number of carbonyl (C=O) groups excluding carboxylic acids is 1. The molecule has 4 nitrogen and oxygen atoms in total. The molecule has 0 bridgehead atoms. The Bertz CT molecular complexity index is 434. The van der Waals surface area contributed by atoms with Gasteiger partial charge in [-0.25, -0.2) is 13.1 Å². The molecule has 0 heterocycles. The van der Waals surface area contributed by atoms with Gasteiger partial charge in [0.1, 0.15) is 6.29 Å². The SMILES string of the molecule is CC(C)NS(=O)(=O)c1ccc(C=O)cc1. The molecule has 5 heteroatoms. The Morgan fingerprint density at radius 1 is 1.20 bits per heavy atom. The monoisotopic (exact) mass is 227 g/mol. The second-order valence-electron chi connectivity index (χ2n) is 3.46. The van der Waals surface area contributed by atoms with Crippen molar-refractivity contribution in [1.29, 1.82) is 0 Å². The van der Waals surface area contributed by atoms with E-state index in [1.165, 1.54) is 24.3 Å². The number of carbonyl (C=O) groups is 1. The van der Waals surface area contributed by atoms with Crippen LogP contribution in [0.3, 0.4) is 0 Å². The van der Waals surface area contributed by atoms with E-state index in [2.05, 4.69) is 4.72 Å². The minimum Gasteiger partial charge on any atom is -0.298 e. The fourth-order valence-electron chi connectivity index (χ4n) is 1.10. The van der Waals surface area contributed by atoms with Crippen molar-refractivity contribution in [3.05, 3.63) is 29.8 Å². The maximum absolute atomic E-state index is 11.6. The molecular weight excluding hydrogens is 214 g/mol. The third-order valence-electron chi connectivity index (χ3n) is 1.72. The highest BCUT2D eigenvalue weighted by Crippen LogP contribution is 2.09. The standard InChI is InChI=1S/C10H13NO3S/c1-8(2)11-15(13,14)10-5-3-9(7-12)4-6-10/h3-8,11H,1-2H3. The van der Waals surface area contributed by atoms with E-state index in [4.69, 9.17) is 0 Å². The van der Waals surface area contributed by atoms with Crippen molar-refractivity contribution in [2.45, 2.75) is 24.8 Å². The van der Waals surface area contributed by atoms with Gasteiger partial charge in [0.2, 0.25) is 10.0 Å². The van der Waals surface area contributed by atoms with Crippen LogP contribution in [-0.2, 0) is 10.0 Å². The van der Waals surface area contributed by atoms with Crippen molar-refractivity contribution in [3.63, 3.8) is 0 Å². The molecule has 82 valence electrons. The maximum Gasteiger partial charge on any atom is 0.240 e. The van der Waals surface area contributed by atoms with E-state index in [0.29, 0.717) is 11.8 Å². The third-order valence-corrected chi connectivity index (χ3v) is 3.39. The number of rotatable bonds is 4. The Balaban J connectivity index is 3.00. The summed E-state index contributed by atoms with van der Waals surface area (Å²) in [5.41, 5.74) is 0.457. The highest BCUT2D eigenvalue weighted by molar-refractivity contribution is 7.89. The van der Waals surface area contributed by atoms with E-state index in [-0.39, 0.29) is 10.9 Å². The first kappa shape index (κ1) is 11.9. The summed E-state index contributed by atoms with van der Waals surface area (Å²) in [5.74, 6) is 0. The minimum atomic E-state index is -3.45. The molecule has 0 aromatic heterocycles. The molecule has 0 aliphatic heterocycles. The molecule has 1 rings (SSSR count). The van der Waals surface area contributed by atoms with Crippen LogP contribution in [0.2, 0.25) is 0 Å². The Kier molecular flexibility index (Phi) is 3.60. The van der Waals surface area contributed by atoms with Crippen LogP contribution in [0.1, 0.15) is 24.2 Å². The average Bonchev–Trinajstić information content (AvgIpc) is 2.16. The number of hydrogen-bond acceptors (Lipinski definition) is 3. The molecule has 0 atom stereocenters. The molecule has 0 unspecified atom stereocenters. The van der Waals surface area contributed by atoms with E-state index < -0.39 is 10.0 Å². The third kappa shape index (κ3) is 3.14. The molecule has 1 aromatic carbocycles. The lowest BCUT2D eigenvalue weighted by Gasteiger charge is -2.09. The topological polar surface area (TPSA) is 63.2 Å². The summed E-state index contributed by atoms with van der Waals surface area (Å²) in [6.45, 7) is 3.49. The lowest BCUT2D eigenvalue weighted by Crippen LogP contribution is -2.30. The van der Waals surface area contributed by atoms with Crippen molar-refractivity contribution >= 4 is 16.3 Å². The summed E-state index contributed by atoms with van der Waals surface area (Å²) in [7, 11) is -3.45. The van der Waals surface area contributed by atoms with E-state index in [9.17, 15) is 13.2 Å². The second-order valence-corrected chi connectivity index (χ2v) is 5.18. The average molecular weight is 227 g/mol. The summed E-state index contributed by atoms with van der Waals surface area (Å²) >= 11 is 0. The van der Waals surface area contributed by atoms with Crippen molar-refractivity contribution < 1.29 is 13.2 Å². The summed E-state index contributed by atoms with van der Waals surface area (Å²) in [6, 6.07) is 5.62. The van der Waals surface area contributed by atoms with Gasteiger partial charge < -0.3 is 0 Å². The number of benzene rings is 1. The molecule has 0 fully saturated rings. The van der Waals surface area contributed by atoms with Crippen molar-refractivity contribution in [2.24, 2.45) is 0 Å². The van der Waals surface area contributed by atoms with E-state index in [1.807, 2.05) is 0 Å². The smallest absolute Gasteiger partial charge is 0.240 e. The highest BCUT2D eigenvalue weighted by Gasteiger charge is 2.14. The fraction of sp³-hybridized carbons (Fsp3) is 0.300. The highest BCUT2D eigenvalue weighted by atomic mass is 32.2. The van der Waals surface area contributed by atoms with Crippen LogP contribution in [0.25, 0.3) is 0 Å². The maximum atomic E-state index is 11.6. The molecule has 0 aliphatic carbocycles. The van der Waals surface area contributed by atoms with Gasteiger partial charge in [-0.15, -0.1) is 0 Å². The first-order valence-electron chi connectivity index (χ1n) is 4.53. The van der Waals surface area contributed by atoms with E-state index in [1.54, 1.807) is 13.8 Å². The van der Waals surface area contributed by atoms with Crippen LogP contribution in [0.15, 0.2) is 29.2 Å². The Morgan fingerprint density at radius 2 is 1.73 bits per heavy atom. The predicted octanol–water partition coefficient (Wildman–Crippen LogP) is 1.19. The number of sulfonamides is 1. The van der Waals surface area contributed by atoms with Gasteiger partial charge >= 0.3 is 0 Å². The molecule has 0 aliphatic rings. The van der Waals surface area contributed by atoms with Gasteiger partial charge in [-0.2, -0.15) is 0 Å². The quantitative estimate of drug-likeness (QED) is 0.786. The number of hydrogen-bond donors (Lipinski definition) is 1. The molecule has 1 N–H and O–H groups in total. The first-order chi connectivity index (χ1) is 6.95. The minimum absolute atomic E-state index is 0.152. The zero-order chi connectivity index (χ0) is 11.5. The molecule has 1 aromatic rings. The molecule has 0 radical (unpaired) electrons. The largest absolute Gasteiger partial charge is 0.298 e. The number of nitrogens with one attached hydrogen (secondary N) is 1. The molecule has 0 spiro atoms. The van der Waals surface area contributed by atoms with Gasteiger partial charge in [-0.3, -0.25) is 4.79 Å². The lowest BCUT2D eigenvalue weighted by atomic mass is 10.2. The van der Waals surface area contributed by atoms with Crippen LogP contribution in [-0.4, -0.2) is 20.7 Å². The van der Waals surface area contributed by atoms with E-state index in [0.717, 1.165) is 0 Å². The normalized spacial score (nSPS) is 11.7. The molecular formula is C10H13NO3S. The lowest BCUT2D eigenvalue weighted by molar-refractivity contribution is 0.112. The summed E-state index contributed by atoms with van der Waals surface area (Å²) in [4.78, 5) is 10.5. The Labute approximate surface area is 89.4 Å². The second kappa shape index (κ2) is 4.55. The van der Waals surface area contributed by atoms with Gasteiger partial charge in [0.15, 0.2) is 0 Å².